The molecule has 0 aliphatic carbocycles. The Bertz CT molecular complexity index is 741. The normalized spacial score (nSPS) is 10.7. The molecule has 106 valence electrons. The maximum absolute atomic E-state index is 6.00. The van der Waals surface area contributed by atoms with Crippen molar-refractivity contribution in [1.82, 2.24) is 4.98 Å². The average molecular weight is 333 g/mol. The molecule has 3 aromatic rings. The van der Waals surface area contributed by atoms with Gasteiger partial charge < -0.3 is 5.73 Å². The first-order chi connectivity index (χ1) is 10.2. The monoisotopic (exact) mass is 332 g/mol. The van der Waals surface area contributed by atoms with Crippen LogP contribution in [-0.4, -0.2) is 4.98 Å². The molecule has 1 heterocycles. The molecule has 1 aromatic heterocycles. The van der Waals surface area contributed by atoms with Gasteiger partial charge in [0.15, 0.2) is 0 Å². The molecule has 0 aliphatic heterocycles. The number of hydrogen-bond donors (Lipinski definition) is 1. The fourth-order valence-corrected chi connectivity index (χ4v) is 3.94. The molecule has 0 saturated heterocycles. The van der Waals surface area contributed by atoms with Crippen molar-refractivity contribution in [3.05, 3.63) is 64.6 Å². The van der Waals surface area contributed by atoms with E-state index < -0.39 is 0 Å². The van der Waals surface area contributed by atoms with Crippen LogP contribution in [0.3, 0.4) is 0 Å². The van der Waals surface area contributed by atoms with Gasteiger partial charge in [0.2, 0.25) is 0 Å². The molecule has 2 N–H and O–H groups in total. The largest absolute Gasteiger partial charge is 0.398 e. The van der Waals surface area contributed by atoms with Crippen LogP contribution < -0.4 is 5.73 Å². The van der Waals surface area contributed by atoms with Crippen molar-refractivity contribution >= 4 is 40.4 Å². The summed E-state index contributed by atoms with van der Waals surface area (Å²) in [7, 11) is 0. The van der Waals surface area contributed by atoms with Gasteiger partial charge in [0.05, 0.1) is 5.69 Å². The molecule has 21 heavy (non-hydrogen) atoms. The SMILES string of the molecule is Nc1ccc(Cl)cc1SCc1csc(-c2ccccc2)n1. The fraction of sp³-hybridized carbons (Fsp3) is 0.0625. The number of nitrogen functional groups attached to an aromatic ring is 1. The number of nitrogens with two attached hydrogens (primary N) is 1. The molecule has 0 amide bonds. The van der Waals surface area contributed by atoms with Gasteiger partial charge >= 0.3 is 0 Å². The summed E-state index contributed by atoms with van der Waals surface area (Å²) in [6, 6.07) is 15.7. The predicted octanol–water partition coefficient (Wildman–Crippen LogP) is 5.34. The summed E-state index contributed by atoms with van der Waals surface area (Å²) in [6.07, 6.45) is 0. The quantitative estimate of drug-likeness (QED) is 0.518. The Morgan fingerprint density at radius 2 is 1.95 bits per heavy atom. The lowest BCUT2D eigenvalue weighted by Gasteiger charge is -2.04. The summed E-state index contributed by atoms with van der Waals surface area (Å²) in [6.45, 7) is 0. The number of thiazole rings is 1. The van der Waals surface area contributed by atoms with Gasteiger partial charge in [-0.25, -0.2) is 4.98 Å². The van der Waals surface area contributed by atoms with Crippen LogP contribution in [0, 0.1) is 0 Å². The van der Waals surface area contributed by atoms with Crippen LogP contribution in [0.15, 0.2) is 58.8 Å². The Balaban J connectivity index is 1.72. The maximum Gasteiger partial charge on any atom is 0.123 e. The molecule has 5 heteroatoms. The molecular weight excluding hydrogens is 320 g/mol. The lowest BCUT2D eigenvalue weighted by atomic mass is 10.2. The fourth-order valence-electron chi connectivity index (χ4n) is 1.87. The summed E-state index contributed by atoms with van der Waals surface area (Å²) in [5.41, 5.74) is 8.92. The molecule has 0 radical (unpaired) electrons. The molecular formula is C16H13ClN2S2. The standard InChI is InChI=1S/C16H13ClN2S2/c17-12-6-7-14(18)15(8-12)20-9-13-10-21-16(19-13)11-4-2-1-3-5-11/h1-8,10H,9,18H2. The first-order valence-electron chi connectivity index (χ1n) is 6.40. The summed E-state index contributed by atoms with van der Waals surface area (Å²) < 4.78 is 0. The van der Waals surface area contributed by atoms with Crippen LogP contribution in [0.2, 0.25) is 5.02 Å². The first-order valence-corrected chi connectivity index (χ1v) is 8.64. The molecule has 3 rings (SSSR count). The highest BCUT2D eigenvalue weighted by molar-refractivity contribution is 7.98. The van der Waals surface area contributed by atoms with E-state index in [4.69, 9.17) is 17.3 Å². The van der Waals surface area contributed by atoms with E-state index in [-0.39, 0.29) is 0 Å². The highest BCUT2D eigenvalue weighted by Crippen LogP contribution is 2.32. The first kappa shape index (κ1) is 14.4. The van der Waals surface area contributed by atoms with E-state index in [1.54, 1.807) is 29.2 Å². The van der Waals surface area contributed by atoms with E-state index in [1.165, 1.54) is 0 Å². The van der Waals surface area contributed by atoms with Gasteiger partial charge in [-0.2, -0.15) is 0 Å². The topological polar surface area (TPSA) is 38.9 Å². The van der Waals surface area contributed by atoms with Crippen LogP contribution in [0.5, 0.6) is 0 Å². The van der Waals surface area contributed by atoms with Crippen molar-refractivity contribution in [2.75, 3.05) is 5.73 Å². The number of nitrogens with zero attached hydrogens (tertiary/aromatic N) is 1. The molecule has 0 fully saturated rings. The van der Waals surface area contributed by atoms with Crippen molar-refractivity contribution in [2.24, 2.45) is 0 Å². The summed E-state index contributed by atoms with van der Waals surface area (Å²) in [4.78, 5) is 5.67. The third-order valence-corrected chi connectivity index (χ3v) is 5.20. The number of rotatable bonds is 4. The van der Waals surface area contributed by atoms with Gasteiger partial charge in [-0.1, -0.05) is 41.9 Å². The smallest absolute Gasteiger partial charge is 0.123 e. The van der Waals surface area contributed by atoms with E-state index >= 15 is 0 Å². The maximum atomic E-state index is 6.00. The minimum atomic E-state index is 0.704. The molecule has 0 unspecified atom stereocenters. The third-order valence-electron chi connectivity index (χ3n) is 2.92. The van der Waals surface area contributed by atoms with Crippen LogP contribution in [0.1, 0.15) is 5.69 Å². The van der Waals surface area contributed by atoms with Crippen molar-refractivity contribution in [3.63, 3.8) is 0 Å². The van der Waals surface area contributed by atoms with Crippen LogP contribution in [0.4, 0.5) is 5.69 Å². The van der Waals surface area contributed by atoms with E-state index in [2.05, 4.69) is 22.5 Å². The zero-order valence-electron chi connectivity index (χ0n) is 11.1. The Labute approximate surface area is 137 Å². The Morgan fingerprint density at radius 3 is 2.76 bits per heavy atom. The number of halogens is 1. The van der Waals surface area contributed by atoms with Gasteiger partial charge in [0.25, 0.3) is 0 Å². The van der Waals surface area contributed by atoms with Gasteiger partial charge in [0.1, 0.15) is 5.01 Å². The highest BCUT2D eigenvalue weighted by atomic mass is 35.5. The lowest BCUT2D eigenvalue weighted by molar-refractivity contribution is 1.23. The predicted molar refractivity (Wildman–Crippen MR) is 93.0 cm³/mol. The van der Waals surface area contributed by atoms with Crippen LogP contribution in [-0.2, 0) is 5.75 Å². The molecule has 0 spiro atoms. The van der Waals surface area contributed by atoms with E-state index in [0.29, 0.717) is 5.02 Å². The number of benzene rings is 2. The molecule has 2 nitrogen and oxygen atoms in total. The zero-order chi connectivity index (χ0) is 14.7. The molecule has 0 aliphatic rings. The second-order valence-corrected chi connectivity index (χ2v) is 6.79. The Kier molecular flexibility index (Phi) is 4.48. The highest BCUT2D eigenvalue weighted by Gasteiger charge is 2.06. The third kappa shape index (κ3) is 3.59. The molecule has 0 atom stereocenters. The van der Waals surface area contributed by atoms with E-state index in [0.717, 1.165) is 32.6 Å². The van der Waals surface area contributed by atoms with E-state index in [9.17, 15) is 0 Å². The summed E-state index contributed by atoms with van der Waals surface area (Å²) >= 11 is 9.32. The van der Waals surface area contributed by atoms with Crippen molar-refractivity contribution < 1.29 is 0 Å². The van der Waals surface area contributed by atoms with Gasteiger partial charge in [-0.05, 0) is 18.2 Å². The Hall–Kier alpha value is -1.49. The van der Waals surface area contributed by atoms with Gasteiger partial charge in [-0.3, -0.25) is 0 Å². The number of hydrogen-bond acceptors (Lipinski definition) is 4. The number of aromatic nitrogens is 1. The van der Waals surface area contributed by atoms with Gasteiger partial charge in [-0.15, -0.1) is 23.1 Å². The van der Waals surface area contributed by atoms with Crippen molar-refractivity contribution in [3.8, 4) is 10.6 Å². The minimum Gasteiger partial charge on any atom is -0.398 e. The van der Waals surface area contributed by atoms with Crippen LogP contribution in [0.25, 0.3) is 10.6 Å². The number of thioether (sulfide) groups is 1. The number of anilines is 1. The second-order valence-electron chi connectivity index (χ2n) is 4.48. The minimum absolute atomic E-state index is 0.704. The van der Waals surface area contributed by atoms with Crippen molar-refractivity contribution in [1.29, 1.82) is 0 Å². The average Bonchev–Trinajstić information content (AvgIpc) is 2.98. The van der Waals surface area contributed by atoms with E-state index in [1.807, 2.05) is 30.3 Å². The van der Waals surface area contributed by atoms with Crippen molar-refractivity contribution in [2.45, 2.75) is 10.6 Å². The summed E-state index contributed by atoms with van der Waals surface area (Å²) in [5.74, 6) is 0.786. The summed E-state index contributed by atoms with van der Waals surface area (Å²) in [5, 5.41) is 3.84. The second kappa shape index (κ2) is 6.52. The molecule has 2 aromatic carbocycles. The van der Waals surface area contributed by atoms with Crippen LogP contribution >= 0.6 is 34.7 Å². The molecule has 0 bridgehead atoms. The zero-order valence-corrected chi connectivity index (χ0v) is 13.5. The van der Waals surface area contributed by atoms with Gasteiger partial charge in [0, 0.05) is 32.3 Å². The lowest BCUT2D eigenvalue weighted by Crippen LogP contribution is -1.89. The molecule has 0 saturated carbocycles. The Morgan fingerprint density at radius 1 is 1.14 bits per heavy atom.